The molecule has 32 heavy (non-hydrogen) atoms. The molecule has 1 aliphatic rings. The summed E-state index contributed by atoms with van der Waals surface area (Å²) >= 11 is 0. The summed E-state index contributed by atoms with van der Waals surface area (Å²) < 4.78 is 72.1. The number of anilines is 2. The predicted molar refractivity (Wildman–Crippen MR) is 109 cm³/mol. The normalized spacial score (nSPS) is 13.9. The smallest absolute Gasteiger partial charge is 0.416 e. The number of benzene rings is 3. The number of hydrogen-bond acceptors (Lipinski definition) is 3. The lowest BCUT2D eigenvalue weighted by molar-refractivity contribution is -0.138. The zero-order valence-electron chi connectivity index (χ0n) is 16.8. The third-order valence-electron chi connectivity index (χ3n) is 4.98. The van der Waals surface area contributed by atoms with Crippen molar-refractivity contribution in [3.8, 4) is 11.5 Å². The molecule has 1 amide bonds. The summed E-state index contributed by atoms with van der Waals surface area (Å²) in [5.41, 5.74) is 0.443. The van der Waals surface area contributed by atoms with Gasteiger partial charge in [-0.3, -0.25) is 4.79 Å². The fraction of sp³-hybridized carbons (Fsp3) is 0.174. The highest BCUT2D eigenvalue weighted by atomic mass is 19.4. The number of carbonyl (C=O) groups excluding carboxylic acids is 1. The van der Waals surface area contributed by atoms with Gasteiger partial charge in [0.1, 0.15) is 23.1 Å². The maximum atomic E-state index is 13.4. The van der Waals surface area contributed by atoms with Crippen LogP contribution in [0.5, 0.6) is 11.5 Å². The fourth-order valence-electron chi connectivity index (χ4n) is 3.59. The molecular weight excluding hydrogens is 431 g/mol. The van der Waals surface area contributed by atoms with Crippen LogP contribution < -0.4 is 15.0 Å². The first-order valence-electron chi connectivity index (χ1n) is 9.58. The molecule has 4 nitrogen and oxygen atoms in total. The van der Waals surface area contributed by atoms with E-state index < -0.39 is 29.3 Å². The highest BCUT2D eigenvalue weighted by Crippen LogP contribution is 2.37. The van der Waals surface area contributed by atoms with Crippen molar-refractivity contribution in [2.45, 2.75) is 19.6 Å². The van der Waals surface area contributed by atoms with Gasteiger partial charge < -0.3 is 15.0 Å². The van der Waals surface area contributed by atoms with E-state index in [9.17, 15) is 26.7 Å². The first-order valence-corrected chi connectivity index (χ1v) is 9.58. The lowest BCUT2D eigenvalue weighted by Gasteiger charge is -2.23. The van der Waals surface area contributed by atoms with Crippen molar-refractivity contribution in [1.29, 1.82) is 0 Å². The number of aryl methyl sites for hydroxylation is 1. The Kier molecular flexibility index (Phi) is 5.50. The molecule has 0 saturated heterocycles. The van der Waals surface area contributed by atoms with Crippen molar-refractivity contribution >= 4 is 17.3 Å². The van der Waals surface area contributed by atoms with Gasteiger partial charge in [-0.25, -0.2) is 8.78 Å². The molecular formula is C23H17F5N2O2. The number of carbonyl (C=O) groups is 1. The number of hydrogen-bond donors (Lipinski definition) is 1. The Morgan fingerprint density at radius 2 is 1.66 bits per heavy atom. The van der Waals surface area contributed by atoms with E-state index in [0.29, 0.717) is 11.3 Å². The molecule has 0 aliphatic carbocycles. The van der Waals surface area contributed by atoms with Gasteiger partial charge in [-0.1, -0.05) is 12.1 Å². The van der Waals surface area contributed by atoms with Crippen molar-refractivity contribution < 1.29 is 31.5 Å². The molecule has 0 unspecified atom stereocenters. The molecule has 0 aromatic heterocycles. The van der Waals surface area contributed by atoms with Crippen molar-refractivity contribution in [2.24, 2.45) is 0 Å². The average molecular weight is 448 g/mol. The summed E-state index contributed by atoms with van der Waals surface area (Å²) in [6.45, 7) is 1.44. The predicted octanol–water partition coefficient (Wildman–Crippen LogP) is 6.04. The largest absolute Gasteiger partial charge is 0.457 e. The van der Waals surface area contributed by atoms with Crippen LogP contribution in [0.2, 0.25) is 0 Å². The van der Waals surface area contributed by atoms with Crippen molar-refractivity contribution in [1.82, 2.24) is 0 Å². The molecule has 0 saturated carbocycles. The van der Waals surface area contributed by atoms with Gasteiger partial charge in [0.2, 0.25) is 5.91 Å². The second-order valence-electron chi connectivity index (χ2n) is 7.43. The van der Waals surface area contributed by atoms with Crippen LogP contribution in [0.25, 0.3) is 0 Å². The van der Waals surface area contributed by atoms with Gasteiger partial charge in [-0.15, -0.1) is 0 Å². The number of rotatable bonds is 3. The van der Waals surface area contributed by atoms with Gasteiger partial charge >= 0.3 is 6.18 Å². The minimum Gasteiger partial charge on any atom is -0.457 e. The van der Waals surface area contributed by atoms with Gasteiger partial charge in [-0.05, 0) is 36.2 Å². The van der Waals surface area contributed by atoms with Gasteiger partial charge in [0.05, 0.1) is 12.1 Å². The van der Waals surface area contributed by atoms with E-state index in [4.69, 9.17) is 4.74 Å². The number of nitrogens with zero attached hydrogens (tertiary/aromatic N) is 1. The Labute approximate surface area is 180 Å². The van der Waals surface area contributed by atoms with Crippen LogP contribution in [0, 0.1) is 18.6 Å². The first kappa shape index (κ1) is 21.6. The summed E-state index contributed by atoms with van der Waals surface area (Å²) in [5.74, 6) is -1.80. The summed E-state index contributed by atoms with van der Waals surface area (Å²) in [5, 5.41) is 2.53. The van der Waals surface area contributed by atoms with Crippen molar-refractivity contribution in [3.63, 3.8) is 0 Å². The number of alkyl halides is 3. The average Bonchev–Trinajstić information content (AvgIpc) is 2.83. The molecule has 1 N–H and O–H groups in total. The van der Waals surface area contributed by atoms with E-state index in [1.807, 2.05) is 0 Å². The molecule has 1 heterocycles. The first-order chi connectivity index (χ1) is 15.1. The van der Waals surface area contributed by atoms with Gasteiger partial charge in [0.25, 0.3) is 0 Å². The molecule has 9 heteroatoms. The summed E-state index contributed by atoms with van der Waals surface area (Å²) in [6.07, 6.45) is -4.53. The summed E-state index contributed by atoms with van der Waals surface area (Å²) in [6, 6.07) is 11.7. The van der Waals surface area contributed by atoms with E-state index in [1.165, 1.54) is 13.0 Å². The van der Waals surface area contributed by atoms with E-state index >= 15 is 0 Å². The minimum absolute atomic E-state index is 0.0334. The van der Waals surface area contributed by atoms with Gasteiger partial charge in [-0.2, -0.15) is 13.2 Å². The van der Waals surface area contributed by atoms with Crippen molar-refractivity contribution in [2.75, 3.05) is 16.8 Å². The molecule has 0 bridgehead atoms. The summed E-state index contributed by atoms with van der Waals surface area (Å²) in [4.78, 5) is 14.1. The quantitative estimate of drug-likeness (QED) is 0.497. The zero-order valence-corrected chi connectivity index (χ0v) is 16.8. The number of halogens is 5. The van der Waals surface area contributed by atoms with E-state index in [1.54, 1.807) is 29.2 Å². The second-order valence-corrected chi connectivity index (χ2v) is 7.43. The minimum atomic E-state index is -4.53. The highest BCUT2D eigenvalue weighted by Gasteiger charge is 2.34. The van der Waals surface area contributed by atoms with Crippen LogP contribution in [0.4, 0.5) is 33.3 Å². The molecule has 3 aromatic carbocycles. The molecule has 0 radical (unpaired) electrons. The molecule has 3 aromatic rings. The Morgan fingerprint density at radius 3 is 2.34 bits per heavy atom. The summed E-state index contributed by atoms with van der Waals surface area (Å²) in [7, 11) is 0. The topological polar surface area (TPSA) is 41.6 Å². The Morgan fingerprint density at radius 1 is 0.938 bits per heavy atom. The lowest BCUT2D eigenvalue weighted by Crippen LogP contribution is -2.29. The zero-order chi connectivity index (χ0) is 23.0. The standard InChI is InChI=1S/C23H17F5N2O2/c1-13-5-14-11-30(12-22(31)29-21(14)10-20(13)23(26,27)28)17-3-2-4-18(9-17)32-19-7-15(24)6-16(25)8-19/h2-10H,11-12H2,1H3,(H,29,31). The van der Waals surface area contributed by atoms with Gasteiger partial charge in [0, 0.05) is 42.2 Å². The molecule has 4 rings (SSSR count). The van der Waals surface area contributed by atoms with Crippen LogP contribution in [0.15, 0.2) is 54.6 Å². The third kappa shape index (κ3) is 4.66. The number of nitrogens with one attached hydrogen (secondary N) is 1. The Balaban J connectivity index is 1.64. The van der Waals surface area contributed by atoms with Crippen molar-refractivity contribution in [3.05, 3.63) is 82.9 Å². The van der Waals surface area contributed by atoms with E-state index in [-0.39, 0.29) is 35.8 Å². The van der Waals surface area contributed by atoms with Crippen LogP contribution in [0.1, 0.15) is 16.7 Å². The second kappa shape index (κ2) is 8.14. The van der Waals surface area contributed by atoms with E-state index in [2.05, 4.69) is 5.32 Å². The molecule has 1 aliphatic heterocycles. The highest BCUT2D eigenvalue weighted by molar-refractivity contribution is 5.96. The number of ether oxygens (including phenoxy) is 1. The number of fused-ring (bicyclic) bond motifs is 1. The van der Waals surface area contributed by atoms with Crippen LogP contribution in [0.3, 0.4) is 0 Å². The maximum Gasteiger partial charge on any atom is 0.416 e. The molecule has 166 valence electrons. The lowest BCUT2D eigenvalue weighted by atomic mass is 10.0. The molecule has 0 atom stereocenters. The fourth-order valence-corrected chi connectivity index (χ4v) is 3.59. The Hall–Kier alpha value is -3.62. The van der Waals surface area contributed by atoms with Crippen LogP contribution in [-0.4, -0.2) is 12.5 Å². The monoisotopic (exact) mass is 448 g/mol. The maximum absolute atomic E-state index is 13.4. The Bertz CT molecular complexity index is 1170. The molecule has 0 spiro atoms. The SMILES string of the molecule is Cc1cc2c(cc1C(F)(F)F)NC(=O)CN(c1cccc(Oc3cc(F)cc(F)c3)c1)C2. The van der Waals surface area contributed by atoms with E-state index in [0.717, 1.165) is 24.3 Å². The third-order valence-corrected chi connectivity index (χ3v) is 4.98. The van der Waals surface area contributed by atoms with Crippen LogP contribution in [-0.2, 0) is 17.5 Å². The molecule has 0 fully saturated rings. The van der Waals surface area contributed by atoms with Gasteiger partial charge in [0.15, 0.2) is 0 Å². The number of amides is 1. The van der Waals surface area contributed by atoms with Crippen LogP contribution >= 0.6 is 0 Å².